The molecule has 2 aromatic rings. The molecule has 0 amide bonds. The highest BCUT2D eigenvalue weighted by Gasteiger charge is 2.20. The highest BCUT2D eigenvalue weighted by molar-refractivity contribution is 5.48. The van der Waals surface area contributed by atoms with Crippen molar-refractivity contribution in [3.63, 3.8) is 0 Å². The van der Waals surface area contributed by atoms with Crippen molar-refractivity contribution < 1.29 is 18.3 Å². The van der Waals surface area contributed by atoms with Crippen LogP contribution in [0.4, 0.5) is 8.78 Å². The predicted octanol–water partition coefficient (Wildman–Crippen LogP) is 3.54. The zero-order chi connectivity index (χ0) is 16.4. The lowest BCUT2D eigenvalue weighted by Gasteiger charge is -2.29. The minimum Gasteiger partial charge on any atom is -0.493 e. The molecule has 0 atom stereocenters. The monoisotopic (exact) mass is 319 g/mol. The number of methoxy groups -OCH3 is 2. The molecule has 23 heavy (non-hydrogen) atoms. The molecule has 2 aromatic carbocycles. The Bertz CT molecular complexity index is 718. The van der Waals surface area contributed by atoms with Crippen molar-refractivity contribution in [1.29, 1.82) is 0 Å². The summed E-state index contributed by atoms with van der Waals surface area (Å²) in [5, 5.41) is 0. The van der Waals surface area contributed by atoms with E-state index in [4.69, 9.17) is 9.47 Å². The number of fused-ring (bicyclic) bond motifs is 1. The molecule has 0 spiro atoms. The van der Waals surface area contributed by atoms with E-state index < -0.39 is 5.82 Å². The van der Waals surface area contributed by atoms with Gasteiger partial charge in [0, 0.05) is 25.2 Å². The van der Waals surface area contributed by atoms with Gasteiger partial charge in [0.15, 0.2) is 11.5 Å². The van der Waals surface area contributed by atoms with Crippen molar-refractivity contribution in [2.45, 2.75) is 19.5 Å². The van der Waals surface area contributed by atoms with E-state index in [1.807, 2.05) is 12.1 Å². The van der Waals surface area contributed by atoms with E-state index in [2.05, 4.69) is 4.90 Å². The Morgan fingerprint density at radius 1 is 1.00 bits per heavy atom. The van der Waals surface area contributed by atoms with Gasteiger partial charge in [0.2, 0.25) is 0 Å². The van der Waals surface area contributed by atoms with Gasteiger partial charge >= 0.3 is 0 Å². The molecule has 5 heteroatoms. The molecule has 0 aromatic heterocycles. The van der Waals surface area contributed by atoms with E-state index in [-0.39, 0.29) is 5.82 Å². The first-order chi connectivity index (χ1) is 11.1. The third-order valence-corrected chi connectivity index (χ3v) is 4.20. The highest BCUT2D eigenvalue weighted by Crippen LogP contribution is 2.33. The minimum atomic E-state index is -0.412. The summed E-state index contributed by atoms with van der Waals surface area (Å²) in [6.07, 6.45) is 0.840. The van der Waals surface area contributed by atoms with Gasteiger partial charge in [-0.2, -0.15) is 0 Å². The summed E-state index contributed by atoms with van der Waals surface area (Å²) in [6.45, 7) is 1.85. The number of ether oxygens (including phenoxy) is 2. The summed E-state index contributed by atoms with van der Waals surface area (Å²) in [4.78, 5) is 2.10. The van der Waals surface area contributed by atoms with Crippen LogP contribution < -0.4 is 9.47 Å². The molecule has 0 saturated carbocycles. The summed E-state index contributed by atoms with van der Waals surface area (Å²) in [6, 6.07) is 7.54. The maximum Gasteiger partial charge on any atom is 0.161 e. The molecule has 0 aliphatic carbocycles. The molecule has 3 rings (SSSR count). The Balaban J connectivity index is 1.81. The molecular formula is C18H19F2NO2. The van der Waals surface area contributed by atoms with Gasteiger partial charge in [-0.05, 0) is 47.9 Å². The number of hydrogen-bond acceptors (Lipinski definition) is 3. The molecule has 1 aliphatic heterocycles. The summed E-state index contributed by atoms with van der Waals surface area (Å²) in [7, 11) is 3.22. The smallest absolute Gasteiger partial charge is 0.161 e. The fourth-order valence-electron chi connectivity index (χ4n) is 2.98. The van der Waals surface area contributed by atoms with Gasteiger partial charge in [-0.15, -0.1) is 0 Å². The lowest BCUT2D eigenvalue weighted by molar-refractivity contribution is 0.240. The van der Waals surface area contributed by atoms with Crippen molar-refractivity contribution in [2.24, 2.45) is 0 Å². The Morgan fingerprint density at radius 3 is 2.39 bits per heavy atom. The first kappa shape index (κ1) is 15.7. The molecule has 0 N–H and O–H groups in total. The fourth-order valence-corrected chi connectivity index (χ4v) is 2.98. The van der Waals surface area contributed by atoms with Crippen LogP contribution in [0.5, 0.6) is 11.5 Å². The summed E-state index contributed by atoms with van der Waals surface area (Å²) in [5.74, 6) is 0.621. The summed E-state index contributed by atoms with van der Waals surface area (Å²) in [5.41, 5.74) is 2.72. The van der Waals surface area contributed by atoms with E-state index in [0.717, 1.165) is 30.3 Å². The van der Waals surface area contributed by atoms with Gasteiger partial charge in [-0.3, -0.25) is 4.90 Å². The largest absolute Gasteiger partial charge is 0.493 e. The van der Waals surface area contributed by atoms with E-state index in [1.54, 1.807) is 14.2 Å². The minimum absolute atomic E-state index is 0.371. The van der Waals surface area contributed by atoms with Gasteiger partial charge in [0.1, 0.15) is 11.6 Å². The lowest BCUT2D eigenvalue weighted by Crippen LogP contribution is -2.30. The topological polar surface area (TPSA) is 21.7 Å². The molecule has 3 nitrogen and oxygen atoms in total. The van der Waals surface area contributed by atoms with Crippen LogP contribution in [-0.4, -0.2) is 25.7 Å². The Labute approximate surface area is 134 Å². The van der Waals surface area contributed by atoms with E-state index >= 15 is 0 Å². The first-order valence-corrected chi connectivity index (χ1v) is 7.50. The normalized spacial score (nSPS) is 14.4. The third-order valence-electron chi connectivity index (χ3n) is 4.20. The second-order valence-corrected chi connectivity index (χ2v) is 5.67. The van der Waals surface area contributed by atoms with Gasteiger partial charge < -0.3 is 9.47 Å². The molecule has 0 radical (unpaired) electrons. The van der Waals surface area contributed by atoms with Gasteiger partial charge in [0.05, 0.1) is 14.2 Å². The molecule has 0 saturated heterocycles. The quantitative estimate of drug-likeness (QED) is 0.860. The van der Waals surface area contributed by atoms with Crippen LogP contribution in [0.25, 0.3) is 0 Å². The van der Waals surface area contributed by atoms with Crippen LogP contribution in [0.15, 0.2) is 30.3 Å². The van der Waals surface area contributed by atoms with Crippen LogP contribution in [0, 0.1) is 11.6 Å². The van der Waals surface area contributed by atoms with Crippen LogP contribution in [0.3, 0.4) is 0 Å². The Hall–Kier alpha value is -2.14. The van der Waals surface area contributed by atoms with Crippen LogP contribution in [0.2, 0.25) is 0 Å². The van der Waals surface area contributed by atoms with Crippen LogP contribution in [0.1, 0.15) is 16.7 Å². The van der Waals surface area contributed by atoms with Crippen LogP contribution in [-0.2, 0) is 19.5 Å². The number of halogens is 2. The van der Waals surface area contributed by atoms with Crippen molar-refractivity contribution in [3.8, 4) is 11.5 Å². The Morgan fingerprint density at radius 2 is 1.70 bits per heavy atom. The van der Waals surface area contributed by atoms with Crippen molar-refractivity contribution in [2.75, 3.05) is 20.8 Å². The van der Waals surface area contributed by atoms with Gasteiger partial charge in [-0.25, -0.2) is 8.78 Å². The fraction of sp³-hybridized carbons (Fsp3) is 0.333. The molecule has 1 heterocycles. The number of nitrogens with zero attached hydrogens (tertiary/aromatic N) is 1. The van der Waals surface area contributed by atoms with Crippen molar-refractivity contribution in [3.05, 3.63) is 58.7 Å². The Kier molecular flexibility index (Phi) is 4.48. The number of benzene rings is 2. The zero-order valence-electron chi connectivity index (χ0n) is 13.2. The molecule has 0 bridgehead atoms. The molecule has 0 fully saturated rings. The summed E-state index contributed by atoms with van der Waals surface area (Å²) >= 11 is 0. The third kappa shape index (κ3) is 3.29. The molecule has 1 aliphatic rings. The van der Waals surface area contributed by atoms with E-state index in [0.29, 0.717) is 24.4 Å². The van der Waals surface area contributed by atoms with Gasteiger partial charge in [-0.1, -0.05) is 0 Å². The predicted molar refractivity (Wildman–Crippen MR) is 83.7 cm³/mol. The number of hydrogen-bond donors (Lipinski definition) is 0. The lowest BCUT2D eigenvalue weighted by atomic mass is 9.98. The second kappa shape index (κ2) is 6.54. The van der Waals surface area contributed by atoms with Crippen molar-refractivity contribution >= 4 is 0 Å². The van der Waals surface area contributed by atoms with E-state index in [9.17, 15) is 8.78 Å². The number of rotatable bonds is 4. The van der Waals surface area contributed by atoms with Crippen LogP contribution >= 0.6 is 0 Å². The zero-order valence-corrected chi connectivity index (χ0v) is 13.2. The maximum absolute atomic E-state index is 13.8. The standard InChI is InChI=1S/C18H19F2NO2/c1-22-17-8-12-5-6-21(10-13(12)9-18(17)23-2)11-14-7-15(19)3-4-16(14)20/h3-4,7-9H,5-6,10-11H2,1-2H3. The highest BCUT2D eigenvalue weighted by atomic mass is 19.1. The molecule has 122 valence electrons. The SMILES string of the molecule is COc1cc2c(cc1OC)CN(Cc1cc(F)ccc1F)CC2. The van der Waals surface area contributed by atoms with Crippen molar-refractivity contribution in [1.82, 2.24) is 4.90 Å². The second-order valence-electron chi connectivity index (χ2n) is 5.67. The summed E-state index contributed by atoms with van der Waals surface area (Å²) < 4.78 is 37.8. The molecular weight excluding hydrogens is 300 g/mol. The van der Waals surface area contributed by atoms with E-state index in [1.165, 1.54) is 17.7 Å². The van der Waals surface area contributed by atoms with Gasteiger partial charge in [0.25, 0.3) is 0 Å². The first-order valence-electron chi connectivity index (χ1n) is 7.50. The molecule has 0 unspecified atom stereocenters. The maximum atomic E-state index is 13.8. The average Bonchev–Trinajstić information content (AvgIpc) is 2.56. The average molecular weight is 319 g/mol.